The summed E-state index contributed by atoms with van der Waals surface area (Å²) in [6, 6.07) is 7.03. The molecule has 0 saturated heterocycles. The Kier molecular flexibility index (Phi) is 3.86. The molecule has 17 heavy (non-hydrogen) atoms. The lowest BCUT2D eigenvalue weighted by atomic mass is 10.3. The van der Waals surface area contributed by atoms with Gasteiger partial charge in [0.2, 0.25) is 5.89 Å². The van der Waals surface area contributed by atoms with Crippen molar-refractivity contribution < 1.29 is 9.15 Å². The van der Waals surface area contributed by atoms with E-state index in [9.17, 15) is 0 Å². The second kappa shape index (κ2) is 5.38. The molecule has 0 fully saturated rings. The Bertz CT molecular complexity index is 482. The summed E-state index contributed by atoms with van der Waals surface area (Å²) >= 11 is 11.6. The summed E-state index contributed by atoms with van der Waals surface area (Å²) in [5.41, 5.74) is 0. The second-order valence-electron chi connectivity index (χ2n) is 3.39. The molecule has 6 heteroatoms. The monoisotopic (exact) mass is 272 g/mol. The molecule has 1 aromatic heterocycles. The molecule has 90 valence electrons. The number of rotatable bonds is 4. The third-order valence-electron chi connectivity index (χ3n) is 2.00. The van der Waals surface area contributed by atoms with Crippen LogP contribution in [-0.2, 0) is 6.61 Å². The van der Waals surface area contributed by atoms with Gasteiger partial charge in [-0.3, -0.25) is 0 Å². The van der Waals surface area contributed by atoms with Gasteiger partial charge in [-0.05, 0) is 31.2 Å². The number of hydrogen-bond donors (Lipinski definition) is 0. The van der Waals surface area contributed by atoms with Gasteiger partial charge in [0.05, 0.1) is 0 Å². The molecule has 0 radical (unpaired) electrons. The second-order valence-corrected chi connectivity index (χ2v) is 4.48. The first-order valence-corrected chi connectivity index (χ1v) is 5.81. The van der Waals surface area contributed by atoms with Crippen molar-refractivity contribution in [2.45, 2.75) is 18.9 Å². The summed E-state index contributed by atoms with van der Waals surface area (Å²) in [6.45, 7) is 1.97. The van der Waals surface area contributed by atoms with Gasteiger partial charge in [0.25, 0.3) is 5.89 Å². The summed E-state index contributed by atoms with van der Waals surface area (Å²) in [5.74, 6) is 1.47. The van der Waals surface area contributed by atoms with Crippen molar-refractivity contribution in [2.24, 2.45) is 0 Å². The predicted octanol–water partition coefficient (Wildman–Crippen LogP) is 3.60. The van der Waals surface area contributed by atoms with E-state index >= 15 is 0 Å². The smallest absolute Gasteiger partial charge is 0.253 e. The van der Waals surface area contributed by atoms with Crippen LogP contribution < -0.4 is 4.74 Å². The third-order valence-corrected chi connectivity index (χ3v) is 2.44. The number of halogens is 2. The highest BCUT2D eigenvalue weighted by Crippen LogP contribution is 2.19. The van der Waals surface area contributed by atoms with Crippen molar-refractivity contribution in [3.05, 3.63) is 41.1 Å². The Labute approximate surface area is 109 Å². The fourth-order valence-corrected chi connectivity index (χ4v) is 1.38. The van der Waals surface area contributed by atoms with E-state index in [0.29, 0.717) is 22.6 Å². The van der Waals surface area contributed by atoms with E-state index in [1.165, 1.54) is 0 Å². The van der Waals surface area contributed by atoms with Crippen LogP contribution in [0.1, 0.15) is 24.1 Å². The van der Waals surface area contributed by atoms with Crippen molar-refractivity contribution in [2.75, 3.05) is 0 Å². The quantitative estimate of drug-likeness (QED) is 0.798. The summed E-state index contributed by atoms with van der Waals surface area (Å²) in [7, 11) is 0. The van der Waals surface area contributed by atoms with E-state index in [1.807, 2.05) is 0 Å². The van der Waals surface area contributed by atoms with Gasteiger partial charge in [-0.25, -0.2) is 0 Å². The zero-order valence-corrected chi connectivity index (χ0v) is 10.6. The molecule has 1 heterocycles. The Morgan fingerprint density at radius 3 is 2.59 bits per heavy atom. The lowest BCUT2D eigenvalue weighted by molar-refractivity contribution is 0.259. The van der Waals surface area contributed by atoms with Crippen molar-refractivity contribution in [3.63, 3.8) is 0 Å². The fraction of sp³-hybridized carbons (Fsp3) is 0.273. The van der Waals surface area contributed by atoms with Crippen molar-refractivity contribution >= 4 is 23.2 Å². The van der Waals surface area contributed by atoms with Gasteiger partial charge in [-0.15, -0.1) is 21.8 Å². The SMILES string of the molecule is CC(Cl)c1nnc(COc2ccc(Cl)cc2)o1. The van der Waals surface area contributed by atoms with Crippen LogP contribution >= 0.6 is 23.2 Å². The number of aromatic nitrogens is 2. The van der Waals surface area contributed by atoms with Gasteiger partial charge in [0, 0.05) is 5.02 Å². The zero-order valence-electron chi connectivity index (χ0n) is 9.06. The first-order valence-electron chi connectivity index (χ1n) is 5.00. The summed E-state index contributed by atoms with van der Waals surface area (Å²) < 4.78 is 10.7. The molecule has 4 nitrogen and oxygen atoms in total. The molecular weight excluding hydrogens is 263 g/mol. The molecule has 0 amide bonds. The highest BCUT2D eigenvalue weighted by Gasteiger charge is 2.11. The third kappa shape index (κ3) is 3.35. The maximum atomic E-state index is 5.80. The number of benzene rings is 1. The van der Waals surface area contributed by atoms with E-state index < -0.39 is 0 Å². The summed E-state index contributed by atoms with van der Waals surface area (Å²) in [4.78, 5) is 0. The van der Waals surface area contributed by atoms with E-state index in [1.54, 1.807) is 31.2 Å². The largest absolute Gasteiger partial charge is 0.484 e. The molecule has 0 aliphatic carbocycles. The molecule has 2 aromatic rings. The Balaban J connectivity index is 1.95. The molecule has 0 saturated carbocycles. The maximum absolute atomic E-state index is 5.80. The van der Waals surface area contributed by atoms with Gasteiger partial charge in [0.15, 0.2) is 6.61 Å². The molecule has 2 rings (SSSR count). The number of ether oxygens (including phenoxy) is 1. The van der Waals surface area contributed by atoms with E-state index in [-0.39, 0.29) is 12.0 Å². The van der Waals surface area contributed by atoms with Crippen LogP contribution in [0.4, 0.5) is 0 Å². The highest BCUT2D eigenvalue weighted by molar-refractivity contribution is 6.30. The normalized spacial score (nSPS) is 12.4. The average molecular weight is 273 g/mol. The van der Waals surface area contributed by atoms with Crippen LogP contribution in [0.15, 0.2) is 28.7 Å². The maximum Gasteiger partial charge on any atom is 0.253 e. The molecule has 0 N–H and O–H groups in total. The molecule has 0 aliphatic rings. The summed E-state index contributed by atoms with van der Waals surface area (Å²) in [5, 5.41) is 7.97. The average Bonchev–Trinajstić information content (AvgIpc) is 2.77. The first-order chi connectivity index (χ1) is 8.15. The topological polar surface area (TPSA) is 48.2 Å². The molecule has 1 aromatic carbocycles. The van der Waals surface area contributed by atoms with Crippen LogP contribution in [0.3, 0.4) is 0 Å². The Morgan fingerprint density at radius 1 is 1.29 bits per heavy atom. The minimum absolute atomic E-state index is 0.207. The van der Waals surface area contributed by atoms with Crippen molar-refractivity contribution in [3.8, 4) is 5.75 Å². The number of nitrogens with zero attached hydrogens (tertiary/aromatic N) is 2. The van der Waals surface area contributed by atoms with E-state index in [0.717, 1.165) is 0 Å². The van der Waals surface area contributed by atoms with Crippen LogP contribution in [0, 0.1) is 0 Å². The minimum Gasteiger partial charge on any atom is -0.484 e. The number of alkyl halides is 1. The molecule has 0 spiro atoms. The fourth-order valence-electron chi connectivity index (χ4n) is 1.16. The first kappa shape index (κ1) is 12.2. The van der Waals surface area contributed by atoms with E-state index in [4.69, 9.17) is 32.4 Å². The molecule has 0 aliphatic heterocycles. The van der Waals surface area contributed by atoms with Crippen LogP contribution in [0.25, 0.3) is 0 Å². The van der Waals surface area contributed by atoms with Gasteiger partial charge in [-0.1, -0.05) is 11.6 Å². The van der Waals surface area contributed by atoms with Gasteiger partial charge < -0.3 is 9.15 Å². The van der Waals surface area contributed by atoms with Gasteiger partial charge in [-0.2, -0.15) is 0 Å². The lowest BCUT2D eigenvalue weighted by Gasteiger charge is -2.02. The predicted molar refractivity (Wildman–Crippen MR) is 64.4 cm³/mol. The van der Waals surface area contributed by atoms with Gasteiger partial charge >= 0.3 is 0 Å². The Hall–Kier alpha value is -1.26. The molecule has 0 bridgehead atoms. The number of hydrogen-bond acceptors (Lipinski definition) is 4. The van der Waals surface area contributed by atoms with Gasteiger partial charge in [0.1, 0.15) is 11.1 Å². The molecule has 1 unspecified atom stereocenters. The standard InChI is InChI=1S/C11H10Cl2N2O2/c1-7(12)11-15-14-10(17-11)6-16-9-4-2-8(13)3-5-9/h2-5,7H,6H2,1H3. The van der Waals surface area contributed by atoms with Crippen LogP contribution in [0.2, 0.25) is 5.02 Å². The molecule has 1 atom stereocenters. The minimum atomic E-state index is -0.299. The van der Waals surface area contributed by atoms with Crippen LogP contribution in [0.5, 0.6) is 5.75 Å². The summed E-state index contributed by atoms with van der Waals surface area (Å²) in [6.07, 6.45) is 0. The van der Waals surface area contributed by atoms with Crippen molar-refractivity contribution in [1.82, 2.24) is 10.2 Å². The highest BCUT2D eigenvalue weighted by atomic mass is 35.5. The van der Waals surface area contributed by atoms with E-state index in [2.05, 4.69) is 10.2 Å². The van der Waals surface area contributed by atoms with Crippen molar-refractivity contribution in [1.29, 1.82) is 0 Å². The molecular formula is C11H10Cl2N2O2. The Morgan fingerprint density at radius 2 is 2.00 bits per heavy atom. The zero-order chi connectivity index (χ0) is 12.3. The van der Waals surface area contributed by atoms with Crippen LogP contribution in [-0.4, -0.2) is 10.2 Å². The lowest BCUT2D eigenvalue weighted by Crippen LogP contribution is -1.95.